The molecule has 0 radical (unpaired) electrons. The van der Waals surface area contributed by atoms with E-state index in [0.29, 0.717) is 5.92 Å². The predicted molar refractivity (Wildman–Crippen MR) is 111 cm³/mol. The van der Waals surface area contributed by atoms with Gasteiger partial charge in [0.15, 0.2) is 5.96 Å². The van der Waals surface area contributed by atoms with Gasteiger partial charge in [0.1, 0.15) is 5.75 Å². The van der Waals surface area contributed by atoms with Gasteiger partial charge < -0.3 is 20.3 Å². The van der Waals surface area contributed by atoms with Crippen molar-refractivity contribution < 1.29 is 4.74 Å². The first-order valence-corrected chi connectivity index (χ1v) is 9.52. The quantitative estimate of drug-likeness (QED) is 0.581. The van der Waals surface area contributed by atoms with Crippen molar-refractivity contribution in [3.8, 4) is 5.75 Å². The number of hydrogen-bond donors (Lipinski definition) is 2. The molecule has 1 atom stereocenters. The maximum absolute atomic E-state index is 5.34. The van der Waals surface area contributed by atoms with Crippen molar-refractivity contribution in [1.82, 2.24) is 15.6 Å². The normalized spacial score (nSPS) is 17.0. The molecule has 0 saturated carbocycles. The number of nitrogens with zero attached hydrogens (tertiary/aromatic N) is 3. The summed E-state index contributed by atoms with van der Waals surface area (Å²) in [6.45, 7) is 3.86. The number of hydrogen-bond acceptors (Lipinski definition) is 4. The predicted octanol–water partition coefficient (Wildman–Crippen LogP) is 2.32. The molecule has 0 bridgehead atoms. The van der Waals surface area contributed by atoms with E-state index in [0.717, 1.165) is 50.0 Å². The first-order valence-electron chi connectivity index (χ1n) is 9.52. The average molecular weight is 367 g/mol. The van der Waals surface area contributed by atoms with Gasteiger partial charge in [0.2, 0.25) is 0 Å². The van der Waals surface area contributed by atoms with E-state index in [-0.39, 0.29) is 0 Å². The van der Waals surface area contributed by atoms with Crippen molar-refractivity contribution in [1.29, 1.82) is 0 Å². The Hall–Kier alpha value is -2.76. The van der Waals surface area contributed by atoms with Crippen LogP contribution in [0, 0.1) is 5.92 Å². The van der Waals surface area contributed by atoms with Gasteiger partial charge >= 0.3 is 0 Å². The lowest BCUT2D eigenvalue weighted by Crippen LogP contribution is -2.41. The number of ether oxygens (including phenoxy) is 1. The fraction of sp³-hybridized carbons (Fsp3) is 0.429. The SMILES string of the molecule is CN=C(NCCc1ccccn1)NCC1CCN(c2cccc(OC)c2)C1. The third kappa shape index (κ3) is 5.61. The Morgan fingerprint density at radius 3 is 2.96 bits per heavy atom. The Bertz CT molecular complexity index is 734. The molecule has 6 nitrogen and oxygen atoms in total. The minimum Gasteiger partial charge on any atom is -0.497 e. The van der Waals surface area contributed by atoms with Crippen molar-refractivity contribution in [3.63, 3.8) is 0 Å². The number of guanidine groups is 1. The molecule has 1 aromatic heterocycles. The highest BCUT2D eigenvalue weighted by Crippen LogP contribution is 2.26. The zero-order valence-electron chi connectivity index (χ0n) is 16.2. The second kappa shape index (κ2) is 9.80. The van der Waals surface area contributed by atoms with Crippen molar-refractivity contribution in [2.45, 2.75) is 12.8 Å². The van der Waals surface area contributed by atoms with E-state index >= 15 is 0 Å². The van der Waals surface area contributed by atoms with Crippen LogP contribution in [0.5, 0.6) is 5.75 Å². The standard InChI is InChI=1S/C21H29N5O/c1-22-21(24-12-9-18-6-3-4-11-23-18)25-15-17-10-13-26(16-17)19-7-5-8-20(14-19)27-2/h3-8,11,14,17H,9-10,12-13,15-16H2,1-2H3,(H2,22,24,25). The summed E-state index contributed by atoms with van der Waals surface area (Å²) in [5, 5.41) is 6.83. The molecule has 1 fully saturated rings. The highest BCUT2D eigenvalue weighted by Gasteiger charge is 2.23. The molecule has 27 heavy (non-hydrogen) atoms. The van der Waals surface area contributed by atoms with Gasteiger partial charge in [-0.05, 0) is 36.6 Å². The number of pyridine rings is 1. The van der Waals surface area contributed by atoms with Crippen LogP contribution in [0.25, 0.3) is 0 Å². The van der Waals surface area contributed by atoms with Crippen molar-refractivity contribution in [3.05, 3.63) is 54.4 Å². The first kappa shape index (κ1) is 19.0. The summed E-state index contributed by atoms with van der Waals surface area (Å²) in [7, 11) is 3.52. The van der Waals surface area contributed by atoms with Gasteiger partial charge in [-0.15, -0.1) is 0 Å². The zero-order valence-corrected chi connectivity index (χ0v) is 16.2. The maximum atomic E-state index is 5.34. The first-order chi connectivity index (χ1) is 13.3. The Morgan fingerprint density at radius 1 is 1.26 bits per heavy atom. The number of nitrogens with one attached hydrogen (secondary N) is 2. The Kier molecular flexibility index (Phi) is 6.90. The van der Waals surface area contributed by atoms with Crippen LogP contribution >= 0.6 is 0 Å². The molecule has 144 valence electrons. The Labute approximate surface area is 161 Å². The van der Waals surface area contributed by atoms with Crippen molar-refractivity contribution in [2.75, 3.05) is 45.2 Å². The summed E-state index contributed by atoms with van der Waals surface area (Å²) in [4.78, 5) is 11.1. The van der Waals surface area contributed by atoms with Gasteiger partial charge in [0.05, 0.1) is 7.11 Å². The average Bonchev–Trinajstić information content (AvgIpc) is 3.20. The fourth-order valence-electron chi connectivity index (χ4n) is 3.36. The van der Waals surface area contributed by atoms with Crippen LogP contribution in [0.2, 0.25) is 0 Å². The summed E-state index contributed by atoms with van der Waals surface area (Å²) in [6.07, 6.45) is 3.89. The van der Waals surface area contributed by atoms with E-state index in [2.05, 4.69) is 37.6 Å². The molecule has 0 aliphatic carbocycles. The van der Waals surface area contributed by atoms with Gasteiger partial charge in [-0.3, -0.25) is 9.98 Å². The molecule has 1 saturated heterocycles. The minimum absolute atomic E-state index is 0.602. The van der Waals surface area contributed by atoms with E-state index in [1.165, 1.54) is 12.1 Å². The smallest absolute Gasteiger partial charge is 0.190 e. The number of anilines is 1. The summed E-state index contributed by atoms with van der Waals surface area (Å²) < 4.78 is 5.34. The van der Waals surface area contributed by atoms with E-state index < -0.39 is 0 Å². The molecule has 1 aliphatic heterocycles. The number of rotatable bonds is 7. The van der Waals surface area contributed by atoms with E-state index in [1.807, 2.05) is 43.6 Å². The molecule has 2 N–H and O–H groups in total. The summed E-state index contributed by atoms with van der Waals surface area (Å²) in [5.41, 5.74) is 2.32. The lowest BCUT2D eigenvalue weighted by molar-refractivity contribution is 0.415. The number of benzene rings is 1. The second-order valence-electron chi connectivity index (χ2n) is 6.75. The summed E-state index contributed by atoms with van der Waals surface area (Å²) in [5.74, 6) is 2.36. The molecule has 0 spiro atoms. The molecule has 3 rings (SSSR count). The van der Waals surface area contributed by atoms with Gasteiger partial charge in [-0.25, -0.2) is 0 Å². The number of aliphatic imine (C=N–C) groups is 1. The van der Waals surface area contributed by atoms with Crippen LogP contribution in [-0.4, -0.2) is 51.3 Å². The van der Waals surface area contributed by atoms with Crippen LogP contribution in [0.3, 0.4) is 0 Å². The molecule has 0 amide bonds. The number of methoxy groups -OCH3 is 1. The van der Waals surface area contributed by atoms with Gasteiger partial charge in [-0.2, -0.15) is 0 Å². The van der Waals surface area contributed by atoms with Gasteiger partial charge in [0.25, 0.3) is 0 Å². The van der Waals surface area contributed by atoms with E-state index in [1.54, 1.807) is 7.11 Å². The van der Waals surface area contributed by atoms with Crippen molar-refractivity contribution >= 4 is 11.6 Å². The summed E-state index contributed by atoms with van der Waals surface area (Å²) in [6, 6.07) is 14.3. The molecular formula is C21H29N5O. The van der Waals surface area contributed by atoms with Gasteiger partial charge in [-0.1, -0.05) is 12.1 Å². The lowest BCUT2D eigenvalue weighted by atomic mass is 10.1. The largest absolute Gasteiger partial charge is 0.497 e. The Morgan fingerprint density at radius 2 is 2.19 bits per heavy atom. The molecule has 6 heteroatoms. The highest BCUT2D eigenvalue weighted by molar-refractivity contribution is 5.79. The van der Waals surface area contributed by atoms with Crippen LogP contribution < -0.4 is 20.3 Å². The van der Waals surface area contributed by atoms with E-state index in [9.17, 15) is 0 Å². The Balaban J connectivity index is 1.41. The topological polar surface area (TPSA) is 61.8 Å². The van der Waals surface area contributed by atoms with Crippen molar-refractivity contribution in [2.24, 2.45) is 10.9 Å². The highest BCUT2D eigenvalue weighted by atomic mass is 16.5. The van der Waals surface area contributed by atoms with Crippen LogP contribution in [0.1, 0.15) is 12.1 Å². The fourth-order valence-corrected chi connectivity index (χ4v) is 3.36. The lowest BCUT2D eigenvalue weighted by Gasteiger charge is -2.20. The van der Waals surface area contributed by atoms with Crippen LogP contribution in [-0.2, 0) is 6.42 Å². The maximum Gasteiger partial charge on any atom is 0.190 e. The molecule has 2 aromatic rings. The molecular weight excluding hydrogens is 338 g/mol. The minimum atomic E-state index is 0.602. The van der Waals surface area contributed by atoms with Crippen LogP contribution in [0.15, 0.2) is 53.7 Å². The van der Waals surface area contributed by atoms with E-state index in [4.69, 9.17) is 4.74 Å². The molecule has 2 heterocycles. The monoisotopic (exact) mass is 367 g/mol. The number of aromatic nitrogens is 1. The van der Waals surface area contributed by atoms with Gasteiger partial charge in [0, 0.05) is 63.3 Å². The molecule has 1 aromatic carbocycles. The third-order valence-corrected chi connectivity index (χ3v) is 4.89. The molecule has 1 unspecified atom stereocenters. The summed E-state index contributed by atoms with van der Waals surface area (Å²) >= 11 is 0. The van der Waals surface area contributed by atoms with Crippen LogP contribution in [0.4, 0.5) is 5.69 Å². The second-order valence-corrected chi connectivity index (χ2v) is 6.75. The third-order valence-electron chi connectivity index (χ3n) is 4.89. The zero-order chi connectivity index (χ0) is 18.9. The molecule has 1 aliphatic rings.